The normalized spacial score (nSPS) is 10.7. The standard InChI is InChI=1S/C16H10F3N.CH3NO/c17-16(18,19)13-8-5-12(6-9-13)15-10-7-11-3-1-2-4-14(11)20-15;2-1-3/h1-10H;1H,(H2,2,3). The molecule has 0 aliphatic heterocycles. The van der Waals surface area contributed by atoms with E-state index in [4.69, 9.17) is 4.79 Å². The Hall–Kier alpha value is -2.89. The van der Waals surface area contributed by atoms with Crippen molar-refractivity contribution in [3.05, 3.63) is 66.2 Å². The summed E-state index contributed by atoms with van der Waals surface area (Å²) >= 11 is 0. The van der Waals surface area contributed by atoms with Crippen LogP contribution in [-0.2, 0) is 11.0 Å². The van der Waals surface area contributed by atoms with E-state index >= 15 is 0 Å². The van der Waals surface area contributed by atoms with Crippen LogP contribution in [0.5, 0.6) is 0 Å². The second kappa shape index (κ2) is 6.91. The highest BCUT2D eigenvalue weighted by Gasteiger charge is 2.29. The predicted molar refractivity (Wildman–Crippen MR) is 82.4 cm³/mol. The van der Waals surface area contributed by atoms with Gasteiger partial charge in [-0.3, -0.25) is 4.79 Å². The average Bonchev–Trinajstić information content (AvgIpc) is 2.54. The lowest BCUT2D eigenvalue weighted by molar-refractivity contribution is -0.137. The SMILES string of the molecule is FC(F)(F)c1ccc(-c2ccc3ccccc3n2)cc1.NC=O. The number of benzene rings is 2. The number of halogens is 3. The minimum Gasteiger partial charge on any atom is -0.372 e. The van der Waals surface area contributed by atoms with Gasteiger partial charge < -0.3 is 5.73 Å². The number of amides is 1. The van der Waals surface area contributed by atoms with Crippen molar-refractivity contribution in [2.45, 2.75) is 6.18 Å². The van der Waals surface area contributed by atoms with Gasteiger partial charge in [-0.05, 0) is 24.3 Å². The average molecular weight is 318 g/mol. The zero-order chi connectivity index (χ0) is 16.9. The second-order valence-electron chi connectivity index (χ2n) is 4.60. The topological polar surface area (TPSA) is 56.0 Å². The van der Waals surface area contributed by atoms with Crippen molar-refractivity contribution < 1.29 is 18.0 Å². The zero-order valence-electron chi connectivity index (χ0n) is 11.9. The quantitative estimate of drug-likeness (QED) is 0.689. The molecule has 0 saturated carbocycles. The molecule has 6 heteroatoms. The highest BCUT2D eigenvalue weighted by atomic mass is 19.4. The van der Waals surface area contributed by atoms with Crippen molar-refractivity contribution in [2.75, 3.05) is 0 Å². The summed E-state index contributed by atoms with van der Waals surface area (Å²) in [7, 11) is 0. The van der Waals surface area contributed by atoms with Gasteiger partial charge in [-0.1, -0.05) is 36.4 Å². The number of fused-ring (bicyclic) bond motifs is 1. The van der Waals surface area contributed by atoms with E-state index in [2.05, 4.69) is 10.7 Å². The number of rotatable bonds is 1. The fraction of sp³-hybridized carbons (Fsp3) is 0.0588. The van der Waals surface area contributed by atoms with Crippen molar-refractivity contribution in [3.63, 3.8) is 0 Å². The van der Waals surface area contributed by atoms with Crippen LogP contribution >= 0.6 is 0 Å². The third-order valence-electron chi connectivity index (χ3n) is 3.11. The summed E-state index contributed by atoms with van der Waals surface area (Å²) in [6.45, 7) is 0. The molecule has 0 fully saturated rings. The summed E-state index contributed by atoms with van der Waals surface area (Å²) in [5.41, 5.74) is 5.67. The number of para-hydroxylation sites is 1. The Kier molecular flexibility index (Phi) is 4.95. The van der Waals surface area contributed by atoms with E-state index in [1.165, 1.54) is 12.1 Å². The summed E-state index contributed by atoms with van der Waals surface area (Å²) in [4.78, 5) is 13.0. The number of hydrogen-bond donors (Lipinski definition) is 1. The van der Waals surface area contributed by atoms with Crippen LogP contribution in [0.25, 0.3) is 22.2 Å². The first-order valence-corrected chi connectivity index (χ1v) is 6.64. The summed E-state index contributed by atoms with van der Waals surface area (Å²) in [6, 6.07) is 16.4. The number of carbonyl (C=O) groups is 1. The Morgan fingerprint density at radius 3 is 2.13 bits per heavy atom. The van der Waals surface area contributed by atoms with E-state index in [0.717, 1.165) is 23.0 Å². The molecule has 0 aliphatic carbocycles. The minimum absolute atomic E-state index is 0.250. The van der Waals surface area contributed by atoms with Gasteiger partial charge in [-0.15, -0.1) is 0 Å². The smallest absolute Gasteiger partial charge is 0.372 e. The molecule has 3 nitrogen and oxygen atoms in total. The fourth-order valence-corrected chi connectivity index (χ4v) is 2.06. The van der Waals surface area contributed by atoms with E-state index in [0.29, 0.717) is 11.3 Å². The maximum Gasteiger partial charge on any atom is 0.416 e. The van der Waals surface area contributed by atoms with Crippen molar-refractivity contribution >= 4 is 17.3 Å². The Balaban J connectivity index is 0.000000595. The van der Waals surface area contributed by atoms with Crippen LogP contribution in [0.15, 0.2) is 60.7 Å². The van der Waals surface area contributed by atoms with Crippen LogP contribution in [0.3, 0.4) is 0 Å². The Morgan fingerprint density at radius 1 is 0.913 bits per heavy atom. The first-order chi connectivity index (χ1) is 11.0. The van der Waals surface area contributed by atoms with E-state index in [9.17, 15) is 13.2 Å². The van der Waals surface area contributed by atoms with Crippen molar-refractivity contribution in [2.24, 2.45) is 5.73 Å². The number of pyridine rings is 1. The number of carbonyl (C=O) groups excluding carboxylic acids is 1. The van der Waals surface area contributed by atoms with Crippen molar-refractivity contribution in [1.29, 1.82) is 0 Å². The van der Waals surface area contributed by atoms with Crippen LogP contribution in [-0.4, -0.2) is 11.4 Å². The van der Waals surface area contributed by atoms with E-state index in [1.54, 1.807) is 0 Å². The molecule has 0 atom stereocenters. The largest absolute Gasteiger partial charge is 0.416 e. The Morgan fingerprint density at radius 2 is 1.52 bits per heavy atom. The highest BCUT2D eigenvalue weighted by molar-refractivity contribution is 5.81. The monoisotopic (exact) mass is 318 g/mol. The summed E-state index contributed by atoms with van der Waals surface area (Å²) < 4.78 is 37.5. The summed E-state index contributed by atoms with van der Waals surface area (Å²) in [6.07, 6.45) is -4.06. The van der Waals surface area contributed by atoms with Gasteiger partial charge in [-0.2, -0.15) is 13.2 Å². The molecule has 23 heavy (non-hydrogen) atoms. The predicted octanol–water partition coefficient (Wildman–Crippen LogP) is 4.02. The van der Waals surface area contributed by atoms with Crippen LogP contribution in [0, 0.1) is 0 Å². The minimum atomic E-state index is -4.31. The number of nitrogens with two attached hydrogens (primary N) is 1. The molecule has 0 aliphatic rings. The highest BCUT2D eigenvalue weighted by Crippen LogP contribution is 2.30. The van der Waals surface area contributed by atoms with Gasteiger partial charge in [-0.25, -0.2) is 4.98 Å². The van der Waals surface area contributed by atoms with Crippen LogP contribution in [0.1, 0.15) is 5.56 Å². The van der Waals surface area contributed by atoms with Gasteiger partial charge in [0.2, 0.25) is 6.41 Å². The number of alkyl halides is 3. The van der Waals surface area contributed by atoms with Gasteiger partial charge in [0.15, 0.2) is 0 Å². The van der Waals surface area contributed by atoms with Gasteiger partial charge in [0.25, 0.3) is 0 Å². The molecule has 0 saturated heterocycles. The lowest BCUT2D eigenvalue weighted by Crippen LogP contribution is -2.04. The van der Waals surface area contributed by atoms with E-state index in [1.807, 2.05) is 36.4 Å². The molecule has 3 aromatic rings. The van der Waals surface area contributed by atoms with E-state index < -0.39 is 11.7 Å². The third-order valence-corrected chi connectivity index (χ3v) is 3.11. The number of nitrogens with zero attached hydrogens (tertiary/aromatic N) is 1. The van der Waals surface area contributed by atoms with Gasteiger partial charge >= 0.3 is 6.18 Å². The Bertz CT molecular complexity index is 799. The third kappa shape index (κ3) is 4.06. The van der Waals surface area contributed by atoms with Gasteiger partial charge in [0, 0.05) is 10.9 Å². The fourth-order valence-electron chi connectivity index (χ4n) is 2.06. The van der Waals surface area contributed by atoms with E-state index in [-0.39, 0.29) is 6.41 Å². The second-order valence-corrected chi connectivity index (χ2v) is 4.60. The van der Waals surface area contributed by atoms with Crippen LogP contribution in [0.4, 0.5) is 13.2 Å². The summed E-state index contributed by atoms with van der Waals surface area (Å²) in [5.74, 6) is 0. The number of primary amides is 1. The Labute approximate surface area is 130 Å². The molecule has 118 valence electrons. The zero-order valence-corrected chi connectivity index (χ0v) is 11.9. The molecule has 0 bridgehead atoms. The first-order valence-electron chi connectivity index (χ1n) is 6.64. The number of hydrogen-bond acceptors (Lipinski definition) is 2. The molecule has 1 heterocycles. The van der Waals surface area contributed by atoms with Crippen LogP contribution < -0.4 is 5.73 Å². The molecular weight excluding hydrogens is 305 g/mol. The molecule has 1 amide bonds. The molecule has 0 radical (unpaired) electrons. The van der Waals surface area contributed by atoms with Crippen molar-refractivity contribution in [1.82, 2.24) is 4.98 Å². The molecule has 0 unspecified atom stereocenters. The van der Waals surface area contributed by atoms with Crippen LogP contribution in [0.2, 0.25) is 0 Å². The first kappa shape index (κ1) is 16.5. The number of aromatic nitrogens is 1. The van der Waals surface area contributed by atoms with Gasteiger partial charge in [0.1, 0.15) is 0 Å². The maximum atomic E-state index is 12.5. The summed E-state index contributed by atoms with van der Waals surface area (Å²) in [5, 5.41) is 1.00. The molecule has 2 N–H and O–H groups in total. The maximum absolute atomic E-state index is 12.5. The molecule has 3 rings (SSSR count). The molecule has 2 aromatic carbocycles. The van der Waals surface area contributed by atoms with Crippen molar-refractivity contribution in [3.8, 4) is 11.3 Å². The lowest BCUT2D eigenvalue weighted by Gasteiger charge is -2.08. The molecule has 0 spiro atoms. The lowest BCUT2D eigenvalue weighted by atomic mass is 10.1. The molecular formula is C17H13F3N2O. The molecule has 1 aromatic heterocycles. The van der Waals surface area contributed by atoms with Gasteiger partial charge in [0.05, 0.1) is 16.8 Å².